The Morgan fingerprint density at radius 2 is 2.24 bits per heavy atom. The van der Waals surface area contributed by atoms with Crippen LogP contribution in [0.1, 0.15) is 17.3 Å². The molecular formula is C11H16N2O4. The van der Waals surface area contributed by atoms with E-state index >= 15 is 0 Å². The summed E-state index contributed by atoms with van der Waals surface area (Å²) in [6.45, 7) is 1.95. The van der Waals surface area contributed by atoms with Gasteiger partial charge in [-0.05, 0) is 25.1 Å². The van der Waals surface area contributed by atoms with Gasteiger partial charge in [-0.1, -0.05) is 0 Å². The predicted molar refractivity (Wildman–Crippen MR) is 62.3 cm³/mol. The molecule has 4 N–H and O–H groups in total. The van der Waals surface area contributed by atoms with Gasteiger partial charge in [0.2, 0.25) is 0 Å². The molecule has 6 heteroatoms. The SMILES string of the molecule is CCN(OCCO)C(=O)c1ccc(N)c(O)c1. The van der Waals surface area contributed by atoms with E-state index in [1.807, 2.05) is 0 Å². The maximum atomic E-state index is 11.9. The van der Waals surface area contributed by atoms with E-state index in [4.69, 9.17) is 15.7 Å². The highest BCUT2D eigenvalue weighted by Gasteiger charge is 2.15. The molecule has 0 heterocycles. The first-order chi connectivity index (χ1) is 8.10. The summed E-state index contributed by atoms with van der Waals surface area (Å²) in [7, 11) is 0. The molecule has 6 nitrogen and oxygen atoms in total. The zero-order valence-corrected chi connectivity index (χ0v) is 9.59. The van der Waals surface area contributed by atoms with Gasteiger partial charge in [-0.25, -0.2) is 5.06 Å². The van der Waals surface area contributed by atoms with Crippen LogP contribution < -0.4 is 5.73 Å². The maximum absolute atomic E-state index is 11.9. The summed E-state index contributed by atoms with van der Waals surface area (Å²) in [5.74, 6) is -0.537. The van der Waals surface area contributed by atoms with E-state index in [0.717, 1.165) is 5.06 Å². The van der Waals surface area contributed by atoms with E-state index in [1.54, 1.807) is 6.92 Å². The predicted octanol–water partition coefficient (Wildman–Crippen LogP) is 0.360. The average Bonchev–Trinajstić information content (AvgIpc) is 2.33. The zero-order valence-electron chi connectivity index (χ0n) is 9.59. The lowest BCUT2D eigenvalue weighted by Crippen LogP contribution is -2.32. The van der Waals surface area contributed by atoms with Crippen molar-refractivity contribution < 1.29 is 19.8 Å². The van der Waals surface area contributed by atoms with E-state index in [1.165, 1.54) is 18.2 Å². The van der Waals surface area contributed by atoms with Gasteiger partial charge in [-0.15, -0.1) is 0 Å². The van der Waals surface area contributed by atoms with Gasteiger partial charge in [-0.3, -0.25) is 9.63 Å². The Labute approximate surface area is 99.2 Å². The molecule has 0 fully saturated rings. The minimum atomic E-state index is -0.392. The summed E-state index contributed by atoms with van der Waals surface area (Å²) in [6.07, 6.45) is 0. The van der Waals surface area contributed by atoms with Gasteiger partial charge in [0.25, 0.3) is 5.91 Å². The summed E-state index contributed by atoms with van der Waals surface area (Å²) in [5, 5.41) is 19.1. The quantitative estimate of drug-likeness (QED) is 0.392. The van der Waals surface area contributed by atoms with Crippen LogP contribution in [0.25, 0.3) is 0 Å². The fourth-order valence-electron chi connectivity index (χ4n) is 1.27. The van der Waals surface area contributed by atoms with Crippen molar-refractivity contribution in [1.82, 2.24) is 5.06 Å². The van der Waals surface area contributed by atoms with Crippen LogP contribution in [0.4, 0.5) is 5.69 Å². The van der Waals surface area contributed by atoms with Gasteiger partial charge in [0.15, 0.2) is 0 Å². The number of nitrogen functional groups attached to an aromatic ring is 1. The normalized spacial score (nSPS) is 10.2. The number of hydroxylamine groups is 2. The Morgan fingerprint density at radius 3 is 2.76 bits per heavy atom. The van der Waals surface area contributed by atoms with Crippen molar-refractivity contribution in [2.75, 3.05) is 25.5 Å². The highest BCUT2D eigenvalue weighted by Crippen LogP contribution is 2.21. The largest absolute Gasteiger partial charge is 0.506 e. The van der Waals surface area contributed by atoms with Crippen molar-refractivity contribution in [3.63, 3.8) is 0 Å². The Kier molecular flexibility index (Phi) is 4.74. The summed E-state index contributed by atoms with van der Waals surface area (Å²) in [6, 6.07) is 4.23. The fraction of sp³-hybridized carbons (Fsp3) is 0.364. The summed E-state index contributed by atoms with van der Waals surface area (Å²) < 4.78 is 0. The molecule has 1 rings (SSSR count). The number of benzene rings is 1. The van der Waals surface area contributed by atoms with Crippen molar-refractivity contribution in [2.24, 2.45) is 0 Å². The molecule has 0 saturated carbocycles. The average molecular weight is 240 g/mol. The van der Waals surface area contributed by atoms with Crippen LogP contribution in [0.15, 0.2) is 18.2 Å². The van der Waals surface area contributed by atoms with E-state index in [-0.39, 0.29) is 30.2 Å². The lowest BCUT2D eigenvalue weighted by molar-refractivity contribution is -0.128. The molecule has 0 radical (unpaired) electrons. The number of hydrogen-bond donors (Lipinski definition) is 3. The Balaban J connectivity index is 2.82. The number of nitrogens with two attached hydrogens (primary N) is 1. The van der Waals surface area contributed by atoms with Crippen molar-refractivity contribution >= 4 is 11.6 Å². The second-order valence-electron chi connectivity index (χ2n) is 3.33. The molecule has 0 atom stereocenters. The van der Waals surface area contributed by atoms with Gasteiger partial charge in [0, 0.05) is 12.1 Å². The van der Waals surface area contributed by atoms with E-state index in [0.29, 0.717) is 6.54 Å². The molecule has 0 aliphatic carbocycles. The first-order valence-corrected chi connectivity index (χ1v) is 5.24. The first-order valence-electron chi connectivity index (χ1n) is 5.24. The number of aromatic hydroxyl groups is 1. The number of carbonyl (C=O) groups is 1. The lowest BCUT2D eigenvalue weighted by Gasteiger charge is -2.19. The number of hydrogen-bond acceptors (Lipinski definition) is 5. The topological polar surface area (TPSA) is 96.0 Å². The third-order valence-corrected chi connectivity index (χ3v) is 2.13. The highest BCUT2D eigenvalue weighted by molar-refractivity contribution is 5.94. The Morgan fingerprint density at radius 1 is 1.53 bits per heavy atom. The van der Waals surface area contributed by atoms with Gasteiger partial charge < -0.3 is 15.9 Å². The number of amides is 1. The number of aliphatic hydroxyl groups is 1. The second kappa shape index (κ2) is 6.07. The number of anilines is 1. The molecule has 0 aromatic heterocycles. The zero-order chi connectivity index (χ0) is 12.8. The molecule has 0 unspecified atom stereocenters. The van der Waals surface area contributed by atoms with Crippen molar-refractivity contribution in [1.29, 1.82) is 0 Å². The van der Waals surface area contributed by atoms with Crippen LogP contribution in [-0.4, -0.2) is 40.9 Å². The Bertz CT molecular complexity index is 395. The smallest absolute Gasteiger partial charge is 0.277 e. The molecule has 0 bridgehead atoms. The lowest BCUT2D eigenvalue weighted by atomic mass is 10.2. The summed E-state index contributed by atoms with van der Waals surface area (Å²) in [4.78, 5) is 17.0. The van der Waals surface area contributed by atoms with Gasteiger partial charge in [0.05, 0.1) is 18.9 Å². The molecule has 0 saturated heterocycles. The number of rotatable bonds is 5. The molecule has 0 spiro atoms. The highest BCUT2D eigenvalue weighted by atomic mass is 16.7. The van der Waals surface area contributed by atoms with Crippen LogP contribution in [0.5, 0.6) is 5.75 Å². The van der Waals surface area contributed by atoms with Gasteiger partial charge >= 0.3 is 0 Å². The van der Waals surface area contributed by atoms with Crippen LogP contribution in [-0.2, 0) is 4.84 Å². The molecule has 17 heavy (non-hydrogen) atoms. The van der Waals surface area contributed by atoms with Crippen LogP contribution in [0, 0.1) is 0 Å². The Hall–Kier alpha value is -1.79. The first kappa shape index (κ1) is 13.3. The van der Waals surface area contributed by atoms with E-state index < -0.39 is 5.91 Å². The summed E-state index contributed by atoms with van der Waals surface area (Å²) in [5.41, 5.74) is 5.92. The number of phenolic OH excluding ortho intramolecular Hbond substituents is 1. The number of carbonyl (C=O) groups excluding carboxylic acids is 1. The van der Waals surface area contributed by atoms with Crippen LogP contribution >= 0.6 is 0 Å². The van der Waals surface area contributed by atoms with Gasteiger partial charge in [0.1, 0.15) is 5.75 Å². The van der Waals surface area contributed by atoms with Crippen LogP contribution in [0.3, 0.4) is 0 Å². The minimum Gasteiger partial charge on any atom is -0.506 e. The third kappa shape index (κ3) is 3.33. The van der Waals surface area contributed by atoms with Crippen molar-refractivity contribution in [2.45, 2.75) is 6.92 Å². The van der Waals surface area contributed by atoms with E-state index in [2.05, 4.69) is 0 Å². The minimum absolute atomic E-state index is 0.0422. The number of nitrogens with zero attached hydrogens (tertiary/aromatic N) is 1. The molecule has 0 aliphatic heterocycles. The monoisotopic (exact) mass is 240 g/mol. The van der Waals surface area contributed by atoms with Crippen molar-refractivity contribution in [3.05, 3.63) is 23.8 Å². The standard InChI is InChI=1S/C11H16N2O4/c1-2-13(17-6-5-14)11(16)8-3-4-9(12)10(15)7-8/h3-4,7,14-15H,2,5-6,12H2,1H3. The molecule has 1 amide bonds. The summed E-state index contributed by atoms with van der Waals surface area (Å²) >= 11 is 0. The molecule has 1 aromatic carbocycles. The van der Waals surface area contributed by atoms with E-state index in [9.17, 15) is 9.90 Å². The maximum Gasteiger partial charge on any atom is 0.277 e. The van der Waals surface area contributed by atoms with Crippen molar-refractivity contribution in [3.8, 4) is 5.75 Å². The van der Waals surface area contributed by atoms with Gasteiger partial charge in [-0.2, -0.15) is 0 Å². The second-order valence-corrected chi connectivity index (χ2v) is 3.33. The molecular weight excluding hydrogens is 224 g/mol. The van der Waals surface area contributed by atoms with Crippen LogP contribution in [0.2, 0.25) is 0 Å². The number of phenols is 1. The molecule has 94 valence electrons. The molecule has 0 aliphatic rings. The fourth-order valence-corrected chi connectivity index (χ4v) is 1.27. The number of aliphatic hydroxyl groups excluding tert-OH is 1. The molecule has 1 aromatic rings. The third-order valence-electron chi connectivity index (χ3n) is 2.13.